The summed E-state index contributed by atoms with van der Waals surface area (Å²) < 4.78 is 52.6. The first-order valence-corrected chi connectivity index (χ1v) is 14.1. The molecule has 2 aliphatic rings. The van der Waals surface area contributed by atoms with Crippen LogP contribution in [-0.2, 0) is 17.5 Å². The smallest absolute Gasteiger partial charge is 0.387 e. The van der Waals surface area contributed by atoms with Gasteiger partial charge in [0.25, 0.3) is 5.69 Å². The second-order valence-corrected chi connectivity index (χ2v) is 11.1. The minimum absolute atomic E-state index is 0.145. The van der Waals surface area contributed by atoms with E-state index < -0.39 is 29.0 Å². The number of rotatable bonds is 6. The van der Waals surface area contributed by atoms with Crippen LogP contribution in [0.5, 0.6) is 0 Å². The van der Waals surface area contributed by atoms with Crippen molar-refractivity contribution in [3.8, 4) is 0 Å². The second-order valence-electron chi connectivity index (χ2n) is 10.0. The molecule has 14 heteroatoms. The first-order valence-electron chi connectivity index (χ1n) is 13.3. The number of piperazine rings is 1. The number of aliphatic hydroxyl groups excluding tert-OH is 1. The molecule has 1 saturated heterocycles. The van der Waals surface area contributed by atoms with Gasteiger partial charge in [0, 0.05) is 50.0 Å². The highest BCUT2D eigenvalue weighted by Crippen LogP contribution is 2.38. The molecule has 0 radical (unpaired) electrons. The van der Waals surface area contributed by atoms with Crippen LogP contribution in [0.15, 0.2) is 36.4 Å². The molecular weight excluding hydrogens is 566 g/mol. The van der Waals surface area contributed by atoms with Crippen molar-refractivity contribution in [3.63, 3.8) is 0 Å². The highest BCUT2D eigenvalue weighted by Gasteiger charge is 2.38. The van der Waals surface area contributed by atoms with Crippen LogP contribution >= 0.6 is 11.3 Å². The van der Waals surface area contributed by atoms with Gasteiger partial charge in [-0.15, -0.1) is 11.3 Å². The predicted molar refractivity (Wildman–Crippen MR) is 147 cm³/mol. The molecule has 1 aliphatic carbocycles. The normalized spacial score (nSPS) is 16.8. The Hall–Kier alpha value is -3.36. The predicted octanol–water partition coefficient (Wildman–Crippen LogP) is 5.43. The van der Waals surface area contributed by atoms with Crippen LogP contribution in [0.25, 0.3) is 10.2 Å². The monoisotopic (exact) mass is 597 g/mol. The van der Waals surface area contributed by atoms with Crippen molar-refractivity contribution in [2.45, 2.75) is 50.9 Å². The Morgan fingerprint density at radius 1 is 1.10 bits per heavy atom. The van der Waals surface area contributed by atoms with Crippen LogP contribution in [0.2, 0.25) is 0 Å². The van der Waals surface area contributed by atoms with E-state index in [0.29, 0.717) is 25.2 Å². The van der Waals surface area contributed by atoms with E-state index in [4.69, 9.17) is 5.11 Å². The zero-order valence-electron chi connectivity index (χ0n) is 22.2. The maximum atomic E-state index is 13.2. The molecule has 0 unspecified atom stereocenters. The lowest BCUT2D eigenvalue weighted by Crippen LogP contribution is -2.49. The van der Waals surface area contributed by atoms with Gasteiger partial charge in [-0.2, -0.15) is 13.2 Å². The van der Waals surface area contributed by atoms with Gasteiger partial charge in [-0.1, -0.05) is 19.3 Å². The fourth-order valence-electron chi connectivity index (χ4n) is 4.96. The van der Waals surface area contributed by atoms with Crippen molar-refractivity contribution in [3.05, 3.63) is 62.9 Å². The number of anilines is 1. The van der Waals surface area contributed by atoms with Crippen LogP contribution in [0, 0.1) is 15.9 Å². The Balaban J connectivity index is 0.000000189. The summed E-state index contributed by atoms with van der Waals surface area (Å²) in [6, 6.07) is 7.87. The molecule has 1 aliphatic heterocycles. The van der Waals surface area contributed by atoms with E-state index >= 15 is 0 Å². The van der Waals surface area contributed by atoms with Gasteiger partial charge in [0.15, 0.2) is 0 Å². The van der Waals surface area contributed by atoms with E-state index in [2.05, 4.69) is 15.2 Å². The minimum atomic E-state index is -4.73. The number of aliphatic hydroxyl groups is 1. The number of benzene rings is 2. The first kappa shape index (κ1) is 30.6. The Morgan fingerprint density at radius 3 is 2.44 bits per heavy atom. The maximum absolute atomic E-state index is 13.2. The van der Waals surface area contributed by atoms with Crippen LogP contribution in [0.4, 0.5) is 28.9 Å². The molecule has 3 aromatic rings. The summed E-state index contributed by atoms with van der Waals surface area (Å²) in [5, 5.41) is 23.5. The zero-order chi connectivity index (χ0) is 29.6. The number of nitrogens with one attached hydrogen (secondary N) is 1. The highest BCUT2D eigenvalue weighted by atomic mass is 32.1. The summed E-state index contributed by atoms with van der Waals surface area (Å²) in [5.41, 5.74) is -1.13. The molecule has 1 saturated carbocycles. The van der Waals surface area contributed by atoms with Crippen molar-refractivity contribution in [2.24, 2.45) is 0 Å². The fourth-order valence-corrected chi connectivity index (χ4v) is 5.95. The molecule has 2 aromatic carbocycles. The minimum Gasteiger partial charge on any atom is -0.387 e. The molecule has 1 amide bonds. The largest absolute Gasteiger partial charge is 0.423 e. The number of carbonyl (C=O) groups is 1. The molecule has 222 valence electrons. The van der Waals surface area contributed by atoms with Gasteiger partial charge >= 0.3 is 6.18 Å². The molecule has 0 bridgehead atoms. The van der Waals surface area contributed by atoms with Crippen molar-refractivity contribution in [1.82, 2.24) is 14.8 Å². The van der Waals surface area contributed by atoms with E-state index in [0.717, 1.165) is 67.0 Å². The van der Waals surface area contributed by atoms with Crippen molar-refractivity contribution in [2.75, 3.05) is 38.1 Å². The summed E-state index contributed by atoms with van der Waals surface area (Å²) in [6.07, 6.45) is 0.350. The van der Waals surface area contributed by atoms with Gasteiger partial charge in [-0.05, 0) is 37.1 Å². The second kappa shape index (κ2) is 13.5. The van der Waals surface area contributed by atoms with Gasteiger partial charge in [0.2, 0.25) is 5.91 Å². The number of hydrogen-bond acceptors (Lipinski definition) is 8. The summed E-state index contributed by atoms with van der Waals surface area (Å²) in [6.45, 7) is 3.05. The summed E-state index contributed by atoms with van der Waals surface area (Å²) in [7, 11) is 0. The van der Waals surface area contributed by atoms with Crippen LogP contribution in [-0.4, -0.2) is 69.5 Å². The summed E-state index contributed by atoms with van der Waals surface area (Å²) in [4.78, 5) is 29.4. The number of thiazole rings is 1. The Morgan fingerprint density at radius 2 is 1.80 bits per heavy atom. The lowest BCUT2D eigenvalue weighted by molar-refractivity contribution is -0.388. The summed E-state index contributed by atoms with van der Waals surface area (Å²) >= 11 is 1.57. The van der Waals surface area contributed by atoms with Crippen LogP contribution < -0.4 is 5.32 Å². The molecule has 2 N–H and O–H groups in total. The van der Waals surface area contributed by atoms with E-state index in [1.54, 1.807) is 22.3 Å². The number of fused-ring (bicyclic) bond motifs is 1. The quantitative estimate of drug-likeness (QED) is 0.221. The number of carbonyl (C=O) groups excluding carboxylic acids is 1. The standard InChI is InChI=1S/C14H16FN3O2S.C13H15F3N2O2/c15-10-1-2-12-11(7-10)16-13(21-12)8-17-3-5-18(6-4-17)14(20)9-19;14-13(15,16)11-8-10(6-7-12(11)18(19)20)17-9-4-2-1-3-5-9/h1-2,7,19H,3-6,8-9H2;6-9,17H,1-5H2. The number of nitrogens with zero attached hydrogens (tertiary/aromatic N) is 4. The van der Waals surface area contributed by atoms with Gasteiger partial charge in [-0.3, -0.25) is 19.8 Å². The fraction of sp³-hybridized carbons (Fsp3) is 0.481. The van der Waals surface area contributed by atoms with E-state index in [-0.39, 0.29) is 23.5 Å². The number of nitro groups is 1. The topological polar surface area (TPSA) is 112 Å². The molecule has 2 fully saturated rings. The molecule has 0 atom stereocenters. The van der Waals surface area contributed by atoms with E-state index in [9.17, 15) is 32.5 Å². The molecule has 1 aromatic heterocycles. The van der Waals surface area contributed by atoms with Gasteiger partial charge in [0.05, 0.1) is 21.7 Å². The molecule has 2 heterocycles. The number of alkyl halides is 3. The van der Waals surface area contributed by atoms with E-state index in [1.807, 2.05) is 0 Å². The highest BCUT2D eigenvalue weighted by molar-refractivity contribution is 7.18. The molecule has 41 heavy (non-hydrogen) atoms. The van der Waals surface area contributed by atoms with Gasteiger partial charge in [0.1, 0.15) is 23.0 Å². The van der Waals surface area contributed by atoms with Crippen molar-refractivity contribution >= 4 is 38.8 Å². The van der Waals surface area contributed by atoms with Gasteiger partial charge < -0.3 is 15.3 Å². The molecule has 9 nitrogen and oxygen atoms in total. The van der Waals surface area contributed by atoms with Crippen molar-refractivity contribution in [1.29, 1.82) is 0 Å². The summed E-state index contributed by atoms with van der Waals surface area (Å²) in [5.74, 6) is -0.486. The number of hydrogen-bond donors (Lipinski definition) is 2. The number of amides is 1. The average molecular weight is 598 g/mol. The third-order valence-electron chi connectivity index (χ3n) is 7.09. The lowest BCUT2D eigenvalue weighted by atomic mass is 9.95. The zero-order valence-corrected chi connectivity index (χ0v) is 23.0. The third kappa shape index (κ3) is 8.33. The average Bonchev–Trinajstić information content (AvgIpc) is 3.34. The molecular formula is C27H31F4N5O4S. The SMILES string of the molecule is O=C(CO)N1CCN(Cc2nc3cc(F)ccc3s2)CC1.O=[N+]([O-])c1ccc(NC2CCCCC2)cc1C(F)(F)F. The molecule has 0 spiro atoms. The maximum Gasteiger partial charge on any atom is 0.423 e. The number of nitro benzene ring substituents is 1. The first-order chi connectivity index (χ1) is 19.5. The van der Waals surface area contributed by atoms with E-state index in [1.165, 1.54) is 18.2 Å². The Labute approximate surface area is 237 Å². The van der Waals surface area contributed by atoms with Gasteiger partial charge in [-0.25, -0.2) is 9.37 Å². The van der Waals surface area contributed by atoms with Crippen LogP contribution in [0.3, 0.4) is 0 Å². The number of aromatic nitrogens is 1. The Kier molecular flexibility index (Phi) is 10.1. The van der Waals surface area contributed by atoms with Crippen molar-refractivity contribution < 1.29 is 32.4 Å². The Bertz CT molecular complexity index is 1360. The number of halogens is 4. The lowest BCUT2D eigenvalue weighted by Gasteiger charge is -2.33. The third-order valence-corrected chi connectivity index (χ3v) is 8.11. The van der Waals surface area contributed by atoms with Crippen LogP contribution in [0.1, 0.15) is 42.7 Å². The molecule has 5 rings (SSSR count).